The molecule has 1 unspecified atom stereocenters. The molecular formula is C26H29ClF2N4O5S. The van der Waals surface area contributed by atoms with Crippen LogP contribution in [0.5, 0.6) is 11.5 Å². The topological polar surface area (TPSA) is 112 Å². The number of amides is 2. The molecule has 2 aromatic carbocycles. The Balaban J connectivity index is 0.00000260. The summed E-state index contributed by atoms with van der Waals surface area (Å²) in [6, 6.07) is 10.9. The number of hydrogen-bond acceptors (Lipinski definition) is 6. The lowest BCUT2D eigenvalue weighted by Crippen LogP contribution is -2.42. The standard InChI is InChI=1S/C24H23ClF2N4O5S.C2H6/c1-30(23(33)12-16-6-8-28-9-7-16)10-11-31(15-22(32)29-34)37(35)19-13-20(26)24(21(27)14-19)36-18-4-2-17(25)3-5-18;1-2/h2-9,13-14,34H,10-12,15H2,1H3,(H,29,32);1-2H3. The molecule has 0 aliphatic carbocycles. The van der Waals surface area contributed by atoms with Crippen molar-refractivity contribution in [3.63, 3.8) is 0 Å². The van der Waals surface area contributed by atoms with Crippen LogP contribution in [-0.4, -0.2) is 62.1 Å². The molecule has 1 aromatic heterocycles. The van der Waals surface area contributed by atoms with Gasteiger partial charge in [0.2, 0.25) is 5.91 Å². The van der Waals surface area contributed by atoms with E-state index in [1.165, 1.54) is 41.7 Å². The Morgan fingerprint density at radius 2 is 1.64 bits per heavy atom. The summed E-state index contributed by atoms with van der Waals surface area (Å²) >= 11 is 5.80. The van der Waals surface area contributed by atoms with Crippen LogP contribution in [0.25, 0.3) is 0 Å². The SMILES string of the molecule is CC.CN(CCN(CC(=O)NO)S(=O)c1cc(F)c(Oc2ccc(Cl)cc2)c(F)c1)C(=O)Cc1ccncc1. The second-order valence-electron chi connectivity index (χ2n) is 7.77. The molecule has 0 bridgehead atoms. The molecule has 0 aliphatic heterocycles. The zero-order valence-electron chi connectivity index (χ0n) is 21.6. The molecule has 3 rings (SSSR count). The van der Waals surface area contributed by atoms with Gasteiger partial charge in [0.15, 0.2) is 17.4 Å². The zero-order chi connectivity index (χ0) is 28.9. The van der Waals surface area contributed by atoms with Gasteiger partial charge in [-0.1, -0.05) is 25.4 Å². The van der Waals surface area contributed by atoms with E-state index in [1.54, 1.807) is 24.5 Å². The second kappa shape index (κ2) is 15.8. The van der Waals surface area contributed by atoms with E-state index in [4.69, 9.17) is 21.5 Å². The molecule has 0 radical (unpaired) electrons. The van der Waals surface area contributed by atoms with E-state index in [2.05, 4.69) is 4.98 Å². The number of rotatable bonds is 11. The number of hydroxylamine groups is 1. The van der Waals surface area contributed by atoms with Gasteiger partial charge in [0.05, 0.1) is 17.9 Å². The minimum Gasteiger partial charge on any atom is -0.451 e. The van der Waals surface area contributed by atoms with Gasteiger partial charge in [-0.3, -0.25) is 19.8 Å². The highest BCUT2D eigenvalue weighted by Gasteiger charge is 2.24. The lowest BCUT2D eigenvalue weighted by atomic mass is 10.2. The maximum absolute atomic E-state index is 14.7. The van der Waals surface area contributed by atoms with Crippen molar-refractivity contribution in [1.82, 2.24) is 19.7 Å². The molecule has 9 nitrogen and oxygen atoms in total. The molecule has 2 N–H and O–H groups in total. The molecule has 0 saturated heterocycles. The van der Waals surface area contributed by atoms with Gasteiger partial charge in [-0.25, -0.2) is 22.8 Å². The first-order valence-electron chi connectivity index (χ1n) is 11.8. The predicted molar refractivity (Wildman–Crippen MR) is 143 cm³/mol. The normalized spacial score (nSPS) is 11.3. The van der Waals surface area contributed by atoms with Gasteiger partial charge < -0.3 is 9.64 Å². The first kappa shape index (κ1) is 31.8. The summed E-state index contributed by atoms with van der Waals surface area (Å²) in [5, 5.41) is 9.32. The average molecular weight is 583 g/mol. The maximum atomic E-state index is 14.7. The van der Waals surface area contributed by atoms with Crippen LogP contribution in [0.3, 0.4) is 0 Å². The first-order valence-corrected chi connectivity index (χ1v) is 13.3. The van der Waals surface area contributed by atoms with Gasteiger partial charge in [0, 0.05) is 37.6 Å². The monoisotopic (exact) mass is 582 g/mol. The van der Waals surface area contributed by atoms with E-state index in [1.807, 2.05) is 13.8 Å². The van der Waals surface area contributed by atoms with Crippen molar-refractivity contribution in [1.29, 1.82) is 0 Å². The lowest BCUT2D eigenvalue weighted by molar-refractivity contribution is -0.129. The van der Waals surface area contributed by atoms with Crippen LogP contribution in [0, 0.1) is 11.6 Å². The summed E-state index contributed by atoms with van der Waals surface area (Å²) in [6.45, 7) is 3.36. The van der Waals surface area contributed by atoms with Crippen LogP contribution in [0.2, 0.25) is 5.02 Å². The van der Waals surface area contributed by atoms with E-state index >= 15 is 0 Å². The highest BCUT2D eigenvalue weighted by Crippen LogP contribution is 2.30. The van der Waals surface area contributed by atoms with E-state index < -0.39 is 40.8 Å². The third kappa shape index (κ3) is 9.66. The fourth-order valence-corrected chi connectivity index (χ4v) is 4.43. The van der Waals surface area contributed by atoms with Crippen LogP contribution in [0.4, 0.5) is 8.78 Å². The molecule has 0 saturated carbocycles. The number of nitrogens with one attached hydrogen (secondary N) is 1. The Morgan fingerprint density at radius 3 is 2.21 bits per heavy atom. The van der Waals surface area contributed by atoms with Crippen molar-refractivity contribution in [3.8, 4) is 11.5 Å². The number of hydrogen-bond donors (Lipinski definition) is 2. The van der Waals surface area contributed by atoms with Crippen molar-refractivity contribution < 1.29 is 32.5 Å². The zero-order valence-corrected chi connectivity index (χ0v) is 23.1. The Labute approximate surface area is 232 Å². The van der Waals surface area contributed by atoms with Gasteiger partial charge in [-0.05, 0) is 54.1 Å². The molecule has 2 amide bonds. The van der Waals surface area contributed by atoms with Crippen molar-refractivity contribution in [2.75, 3.05) is 26.7 Å². The fourth-order valence-electron chi connectivity index (χ4n) is 3.12. The van der Waals surface area contributed by atoms with Gasteiger partial charge in [-0.15, -0.1) is 0 Å². The summed E-state index contributed by atoms with van der Waals surface area (Å²) in [6.07, 6.45) is 3.22. The van der Waals surface area contributed by atoms with Gasteiger partial charge in [-0.2, -0.15) is 0 Å². The number of benzene rings is 2. The Bertz CT molecular complexity index is 1250. The molecule has 0 spiro atoms. The van der Waals surface area contributed by atoms with Crippen molar-refractivity contribution in [2.24, 2.45) is 0 Å². The van der Waals surface area contributed by atoms with E-state index in [-0.39, 0.29) is 36.1 Å². The minimum absolute atomic E-state index is 0.0388. The highest BCUT2D eigenvalue weighted by molar-refractivity contribution is 7.82. The Hall–Kier alpha value is -3.45. The van der Waals surface area contributed by atoms with Crippen LogP contribution in [0.15, 0.2) is 65.8 Å². The Kier molecular flexibility index (Phi) is 12.9. The number of pyridine rings is 1. The second-order valence-corrected chi connectivity index (χ2v) is 9.69. The average Bonchev–Trinajstić information content (AvgIpc) is 2.94. The van der Waals surface area contributed by atoms with E-state index in [0.29, 0.717) is 5.02 Å². The van der Waals surface area contributed by atoms with Crippen molar-refractivity contribution in [2.45, 2.75) is 25.2 Å². The third-order valence-electron chi connectivity index (χ3n) is 5.10. The highest BCUT2D eigenvalue weighted by atomic mass is 35.5. The number of ether oxygens (including phenoxy) is 1. The molecule has 39 heavy (non-hydrogen) atoms. The van der Waals surface area contributed by atoms with Crippen molar-refractivity contribution >= 4 is 34.4 Å². The van der Waals surface area contributed by atoms with E-state index in [0.717, 1.165) is 22.0 Å². The number of likely N-dealkylation sites (N-methyl/N-ethyl adjacent to an activating group) is 1. The molecule has 0 fully saturated rings. The van der Waals surface area contributed by atoms with Gasteiger partial charge in [0.1, 0.15) is 16.7 Å². The fraction of sp³-hybridized carbons (Fsp3) is 0.269. The summed E-state index contributed by atoms with van der Waals surface area (Å²) in [4.78, 5) is 29.3. The summed E-state index contributed by atoms with van der Waals surface area (Å²) in [5.41, 5.74) is 2.18. The van der Waals surface area contributed by atoms with Gasteiger partial charge in [0.25, 0.3) is 5.91 Å². The van der Waals surface area contributed by atoms with Gasteiger partial charge >= 0.3 is 0 Å². The number of halogens is 3. The summed E-state index contributed by atoms with van der Waals surface area (Å²) < 4.78 is 49.0. The molecule has 3 aromatic rings. The van der Waals surface area contributed by atoms with Crippen LogP contribution < -0.4 is 10.2 Å². The number of aromatic nitrogens is 1. The number of nitrogens with zero attached hydrogens (tertiary/aromatic N) is 3. The smallest absolute Gasteiger partial charge is 0.258 e. The molecule has 1 heterocycles. The van der Waals surface area contributed by atoms with Crippen molar-refractivity contribution in [3.05, 3.63) is 83.1 Å². The van der Waals surface area contributed by atoms with Crippen LogP contribution in [-0.2, 0) is 27.0 Å². The summed E-state index contributed by atoms with van der Waals surface area (Å²) in [7, 11) is -0.700. The number of carbonyl (C=O) groups is 2. The number of carbonyl (C=O) groups excluding carboxylic acids is 2. The largest absolute Gasteiger partial charge is 0.451 e. The molecule has 1 atom stereocenters. The minimum atomic E-state index is -2.23. The Morgan fingerprint density at radius 1 is 1.05 bits per heavy atom. The molecule has 210 valence electrons. The third-order valence-corrected chi connectivity index (χ3v) is 6.77. The van der Waals surface area contributed by atoms with Crippen LogP contribution >= 0.6 is 11.6 Å². The summed E-state index contributed by atoms with van der Waals surface area (Å²) in [5.74, 6) is -3.95. The quantitative estimate of drug-likeness (QED) is 0.257. The van der Waals surface area contributed by atoms with E-state index in [9.17, 15) is 22.6 Å². The lowest BCUT2D eigenvalue weighted by Gasteiger charge is -2.24. The molecule has 0 aliphatic rings. The molecular weight excluding hydrogens is 554 g/mol. The molecule has 13 heteroatoms. The first-order chi connectivity index (χ1) is 18.7. The predicted octanol–water partition coefficient (Wildman–Crippen LogP) is 4.36. The van der Waals surface area contributed by atoms with Crippen LogP contribution in [0.1, 0.15) is 19.4 Å². The maximum Gasteiger partial charge on any atom is 0.258 e.